The number of unbranched alkanes of at least 4 members (excludes halogenated alkanes) is 1. The number of nitrogens with one attached hydrogen (secondary N) is 1. The van der Waals surface area contributed by atoms with Crippen LogP contribution in [0.4, 0.5) is 5.69 Å². The first-order chi connectivity index (χ1) is 18.9. The highest BCUT2D eigenvalue weighted by molar-refractivity contribution is 7.92. The van der Waals surface area contributed by atoms with E-state index < -0.39 is 28.5 Å². The largest absolute Gasteiger partial charge is 0.354 e. The Balaban J connectivity index is 2.03. The average Bonchev–Trinajstić information content (AvgIpc) is 2.91. The summed E-state index contributed by atoms with van der Waals surface area (Å²) in [5.74, 6) is -0.975. The van der Waals surface area contributed by atoms with Crippen LogP contribution in [0.15, 0.2) is 71.6 Å². The number of amides is 2. The summed E-state index contributed by atoms with van der Waals surface area (Å²) in [5.41, 5.74) is 1.58. The zero-order chi connectivity index (χ0) is 29.4. The predicted molar refractivity (Wildman–Crippen MR) is 162 cm³/mol. The number of anilines is 1. The highest BCUT2D eigenvalue weighted by Crippen LogP contribution is 2.31. The number of sulfonamides is 1. The van der Waals surface area contributed by atoms with Crippen LogP contribution in [0.3, 0.4) is 0 Å². The zero-order valence-electron chi connectivity index (χ0n) is 22.5. The van der Waals surface area contributed by atoms with Gasteiger partial charge in [-0.1, -0.05) is 84.0 Å². The molecule has 0 spiro atoms. The van der Waals surface area contributed by atoms with Gasteiger partial charge in [0, 0.05) is 23.1 Å². The number of hydrogen-bond donors (Lipinski definition) is 1. The molecule has 0 aliphatic carbocycles. The van der Waals surface area contributed by atoms with Gasteiger partial charge in [-0.2, -0.15) is 0 Å². The van der Waals surface area contributed by atoms with Gasteiger partial charge < -0.3 is 10.2 Å². The van der Waals surface area contributed by atoms with E-state index in [0.29, 0.717) is 22.2 Å². The first kappa shape index (κ1) is 31.7. The van der Waals surface area contributed by atoms with E-state index >= 15 is 0 Å². The van der Waals surface area contributed by atoms with Gasteiger partial charge in [0.15, 0.2) is 0 Å². The molecule has 7 nitrogen and oxygen atoms in total. The molecule has 1 unspecified atom stereocenters. The molecule has 1 N–H and O–H groups in total. The molecule has 0 bridgehead atoms. The molecule has 0 aliphatic heterocycles. The predicted octanol–water partition coefficient (Wildman–Crippen LogP) is 6.48. The molecule has 1 atom stereocenters. The first-order valence-corrected chi connectivity index (χ1v) is 15.4. The SMILES string of the molecule is CCCCNC(=O)C(C)N(Cc1ccc(Cl)cc1Cl)C(=O)CN(c1ccccc1Cl)S(=O)(=O)c1ccc(C)cc1. The normalized spacial score (nSPS) is 12.1. The number of para-hydroxylation sites is 1. The standard InChI is InChI=1S/C29H32Cl3N3O4S/c1-4-5-16-33-29(37)21(3)34(18-22-12-13-23(30)17-26(22)32)28(36)19-35(27-9-7-6-8-25(27)31)40(38,39)24-14-10-20(2)11-15-24/h6-15,17,21H,4-5,16,18-19H2,1-3H3,(H,33,37). The van der Waals surface area contributed by atoms with Crippen molar-refractivity contribution in [2.45, 2.75) is 51.1 Å². The molecule has 3 aromatic rings. The molecule has 0 saturated heterocycles. The molecular weight excluding hydrogens is 593 g/mol. The molecular formula is C29H32Cl3N3O4S. The van der Waals surface area contributed by atoms with E-state index in [0.717, 1.165) is 22.7 Å². The Morgan fingerprint density at radius 3 is 2.25 bits per heavy atom. The molecule has 3 rings (SSSR count). The fourth-order valence-electron chi connectivity index (χ4n) is 3.96. The van der Waals surface area contributed by atoms with E-state index in [4.69, 9.17) is 34.8 Å². The van der Waals surface area contributed by atoms with Crippen molar-refractivity contribution in [1.29, 1.82) is 0 Å². The summed E-state index contributed by atoms with van der Waals surface area (Å²) >= 11 is 18.9. The van der Waals surface area contributed by atoms with Crippen molar-refractivity contribution in [3.8, 4) is 0 Å². The van der Waals surface area contributed by atoms with Crippen LogP contribution in [0, 0.1) is 6.92 Å². The lowest BCUT2D eigenvalue weighted by atomic mass is 10.1. The van der Waals surface area contributed by atoms with Crippen LogP contribution in [-0.4, -0.2) is 44.3 Å². The Morgan fingerprint density at radius 2 is 1.62 bits per heavy atom. The molecule has 0 heterocycles. The molecule has 2 amide bonds. The molecule has 0 aliphatic rings. The Hall–Kier alpha value is -2.78. The maximum absolute atomic E-state index is 14.0. The monoisotopic (exact) mass is 623 g/mol. The van der Waals surface area contributed by atoms with Crippen LogP contribution in [0.1, 0.15) is 37.8 Å². The van der Waals surface area contributed by atoms with Gasteiger partial charge in [0.2, 0.25) is 11.8 Å². The van der Waals surface area contributed by atoms with Gasteiger partial charge >= 0.3 is 0 Å². The van der Waals surface area contributed by atoms with Gasteiger partial charge in [0.05, 0.1) is 15.6 Å². The average molecular weight is 625 g/mol. The topological polar surface area (TPSA) is 86.8 Å². The zero-order valence-corrected chi connectivity index (χ0v) is 25.6. The number of aryl methyl sites for hydroxylation is 1. The van der Waals surface area contributed by atoms with Gasteiger partial charge in [-0.3, -0.25) is 13.9 Å². The number of benzene rings is 3. The minimum atomic E-state index is -4.21. The van der Waals surface area contributed by atoms with E-state index in [1.807, 2.05) is 13.8 Å². The van der Waals surface area contributed by atoms with Crippen molar-refractivity contribution in [3.05, 3.63) is 92.9 Å². The van der Waals surface area contributed by atoms with Crippen molar-refractivity contribution >= 4 is 62.3 Å². The summed E-state index contributed by atoms with van der Waals surface area (Å²) in [6, 6.07) is 16.6. The van der Waals surface area contributed by atoms with E-state index in [-0.39, 0.29) is 28.1 Å². The van der Waals surface area contributed by atoms with Crippen LogP contribution in [0.25, 0.3) is 0 Å². The van der Waals surface area contributed by atoms with Crippen molar-refractivity contribution in [2.24, 2.45) is 0 Å². The lowest BCUT2D eigenvalue weighted by Crippen LogP contribution is -2.51. The van der Waals surface area contributed by atoms with E-state index in [9.17, 15) is 18.0 Å². The van der Waals surface area contributed by atoms with Crippen molar-refractivity contribution < 1.29 is 18.0 Å². The third-order valence-electron chi connectivity index (χ3n) is 6.36. The third-order valence-corrected chi connectivity index (χ3v) is 9.04. The smallest absolute Gasteiger partial charge is 0.264 e. The number of halogens is 3. The van der Waals surface area contributed by atoms with Gasteiger partial charge in [-0.05, 0) is 62.2 Å². The highest BCUT2D eigenvalue weighted by atomic mass is 35.5. The minimum Gasteiger partial charge on any atom is -0.354 e. The Morgan fingerprint density at radius 1 is 0.950 bits per heavy atom. The molecule has 0 radical (unpaired) electrons. The summed E-state index contributed by atoms with van der Waals surface area (Å²) < 4.78 is 28.7. The van der Waals surface area contributed by atoms with Gasteiger partial charge in [0.25, 0.3) is 10.0 Å². The lowest BCUT2D eigenvalue weighted by Gasteiger charge is -2.32. The van der Waals surface area contributed by atoms with Crippen molar-refractivity contribution in [3.63, 3.8) is 0 Å². The summed E-state index contributed by atoms with van der Waals surface area (Å²) in [6.45, 7) is 5.26. The van der Waals surface area contributed by atoms with Crippen LogP contribution in [-0.2, 0) is 26.2 Å². The molecule has 40 heavy (non-hydrogen) atoms. The molecule has 0 fully saturated rings. The highest BCUT2D eigenvalue weighted by Gasteiger charge is 2.33. The number of carbonyl (C=O) groups is 2. The Kier molecular flexibility index (Phi) is 11.3. The number of rotatable bonds is 12. The second-order valence-corrected chi connectivity index (χ2v) is 12.5. The lowest BCUT2D eigenvalue weighted by molar-refractivity contribution is -0.139. The summed E-state index contributed by atoms with van der Waals surface area (Å²) in [7, 11) is -4.21. The molecule has 0 saturated carbocycles. The van der Waals surface area contributed by atoms with Crippen molar-refractivity contribution in [2.75, 3.05) is 17.4 Å². The van der Waals surface area contributed by atoms with E-state index in [1.54, 1.807) is 55.5 Å². The number of nitrogens with zero attached hydrogens (tertiary/aromatic N) is 2. The summed E-state index contributed by atoms with van der Waals surface area (Å²) in [4.78, 5) is 28.3. The van der Waals surface area contributed by atoms with Crippen LogP contribution >= 0.6 is 34.8 Å². The molecule has 11 heteroatoms. The fourth-order valence-corrected chi connectivity index (χ4v) is 6.15. The number of carbonyl (C=O) groups excluding carboxylic acids is 2. The first-order valence-electron chi connectivity index (χ1n) is 12.8. The van der Waals surface area contributed by atoms with Crippen LogP contribution in [0.2, 0.25) is 15.1 Å². The maximum Gasteiger partial charge on any atom is 0.264 e. The Bertz CT molecular complexity index is 1450. The second kappa shape index (κ2) is 14.2. The molecule has 214 valence electrons. The summed E-state index contributed by atoms with van der Waals surface area (Å²) in [5, 5.41) is 3.74. The van der Waals surface area contributed by atoms with E-state index in [2.05, 4.69) is 5.32 Å². The van der Waals surface area contributed by atoms with Gasteiger partial charge in [0.1, 0.15) is 12.6 Å². The van der Waals surface area contributed by atoms with Gasteiger partial charge in [-0.25, -0.2) is 8.42 Å². The second-order valence-electron chi connectivity index (χ2n) is 9.35. The molecule has 3 aromatic carbocycles. The molecule has 0 aromatic heterocycles. The minimum absolute atomic E-state index is 0.00322. The van der Waals surface area contributed by atoms with Crippen LogP contribution in [0.5, 0.6) is 0 Å². The van der Waals surface area contributed by atoms with Crippen LogP contribution < -0.4 is 9.62 Å². The Labute approximate surface area is 251 Å². The summed E-state index contributed by atoms with van der Waals surface area (Å²) in [6.07, 6.45) is 1.67. The van der Waals surface area contributed by atoms with E-state index in [1.165, 1.54) is 23.1 Å². The fraction of sp³-hybridized carbons (Fsp3) is 0.310. The third kappa shape index (κ3) is 7.91. The van der Waals surface area contributed by atoms with Gasteiger partial charge in [-0.15, -0.1) is 0 Å². The number of hydrogen-bond acceptors (Lipinski definition) is 4. The maximum atomic E-state index is 14.0. The van der Waals surface area contributed by atoms with Crippen molar-refractivity contribution in [1.82, 2.24) is 10.2 Å². The quantitative estimate of drug-likeness (QED) is 0.234.